The number of benzene rings is 4. The fourth-order valence-electron chi connectivity index (χ4n) is 4.03. The molecule has 0 aromatic heterocycles. The Kier molecular flexibility index (Phi) is 11.6. The van der Waals surface area contributed by atoms with Crippen LogP contribution in [0.25, 0.3) is 11.1 Å². The summed E-state index contributed by atoms with van der Waals surface area (Å²) in [4.78, 5) is -2.01. The molecule has 4 aromatic rings. The van der Waals surface area contributed by atoms with Crippen LogP contribution in [0.4, 0.5) is 0 Å². The van der Waals surface area contributed by atoms with Gasteiger partial charge in [-0.25, -0.2) is 18.9 Å². The summed E-state index contributed by atoms with van der Waals surface area (Å²) < 4.78 is 115. The number of hydrogen-bond donors (Lipinski definition) is 4. The monoisotopic (exact) mass is 750 g/mol. The average molecular weight is 751 g/mol. The van der Waals surface area contributed by atoms with Crippen molar-refractivity contribution in [3.63, 3.8) is 0 Å². The van der Waals surface area contributed by atoms with E-state index in [1.54, 1.807) is 6.92 Å². The molecule has 4 N–H and O–H groups in total. The van der Waals surface area contributed by atoms with Gasteiger partial charge >= 0.3 is 0 Å². The standard InChI is InChI=1S/C26H22O16S5/c1-15-3-6-18(13-23(15)43-41-39-27)45(29,30)19-7-10-22(26(14-19)47(34,35)36)38-20-8-4-16(11-24(20)44-42-40-28)17-5-9-21(37-2)25(12-17)46(31,32)33/h3-14,27-28H,1-2H3,(H,31,32,33)(H,34,35,36). The second kappa shape index (κ2) is 14.9. The van der Waals surface area contributed by atoms with Crippen molar-refractivity contribution >= 4 is 54.2 Å². The largest absolute Gasteiger partial charge is 0.495 e. The van der Waals surface area contributed by atoms with Crippen molar-refractivity contribution in [3.05, 3.63) is 78.4 Å². The van der Waals surface area contributed by atoms with Gasteiger partial charge < -0.3 is 9.47 Å². The van der Waals surface area contributed by atoms with Crippen LogP contribution in [0.5, 0.6) is 17.2 Å². The highest BCUT2D eigenvalue weighted by Gasteiger charge is 2.26. The van der Waals surface area contributed by atoms with E-state index >= 15 is 0 Å². The lowest BCUT2D eigenvalue weighted by Crippen LogP contribution is -2.07. The maximum Gasteiger partial charge on any atom is 0.298 e. The van der Waals surface area contributed by atoms with Gasteiger partial charge in [-0.2, -0.15) is 16.8 Å². The molecule has 0 fully saturated rings. The second-order valence-corrected chi connectivity index (χ2v) is 15.3. The Balaban J connectivity index is 1.77. The minimum atomic E-state index is -5.10. The summed E-state index contributed by atoms with van der Waals surface area (Å²) >= 11 is 0.905. The Bertz CT molecular complexity index is 2120. The van der Waals surface area contributed by atoms with E-state index in [0.717, 1.165) is 18.2 Å². The number of sulfone groups is 1. The van der Waals surface area contributed by atoms with Crippen LogP contribution in [0.15, 0.2) is 102 Å². The van der Waals surface area contributed by atoms with Gasteiger partial charge in [-0.15, -0.1) is 8.67 Å². The lowest BCUT2D eigenvalue weighted by Gasteiger charge is -2.15. The summed E-state index contributed by atoms with van der Waals surface area (Å²) in [5, 5.41) is 24.3. The first-order valence-corrected chi connectivity index (χ1v) is 18.2. The molecule has 4 rings (SSSR count). The fourth-order valence-corrected chi connectivity index (χ4v) is 7.76. The lowest BCUT2D eigenvalue weighted by atomic mass is 10.1. The van der Waals surface area contributed by atoms with Crippen LogP contribution in [0.2, 0.25) is 0 Å². The molecule has 0 amide bonds. The SMILES string of the molecule is COc1ccc(-c2ccc(Oc3ccc(S(=O)(=O)c4ccc(C)c(SOOO)c4)cc3S(=O)(=O)O)c(SOOO)c2)cc1S(=O)(=O)O. The first-order chi connectivity index (χ1) is 22.1. The van der Waals surface area contributed by atoms with Crippen molar-refractivity contribution in [3.8, 4) is 28.4 Å². The van der Waals surface area contributed by atoms with E-state index in [-0.39, 0.29) is 31.7 Å². The molecule has 16 nitrogen and oxygen atoms in total. The smallest absolute Gasteiger partial charge is 0.298 e. The van der Waals surface area contributed by atoms with Crippen molar-refractivity contribution in [1.82, 2.24) is 0 Å². The highest BCUT2D eigenvalue weighted by Crippen LogP contribution is 2.40. The number of aryl methyl sites for hydroxylation is 1. The normalized spacial score (nSPS) is 12.2. The van der Waals surface area contributed by atoms with Crippen LogP contribution < -0.4 is 9.47 Å². The van der Waals surface area contributed by atoms with Gasteiger partial charge in [0.25, 0.3) is 20.2 Å². The first-order valence-electron chi connectivity index (χ1n) is 12.3. The molecule has 0 unspecified atom stereocenters. The molecular formula is C26H22O16S5. The summed E-state index contributed by atoms with van der Waals surface area (Å²) in [5.41, 5.74) is 1.14. The molecule has 0 heterocycles. The van der Waals surface area contributed by atoms with Gasteiger partial charge in [0.1, 0.15) is 27.0 Å². The Morgan fingerprint density at radius 3 is 1.70 bits per heavy atom. The van der Waals surface area contributed by atoms with Gasteiger partial charge in [0, 0.05) is 4.90 Å². The molecule has 0 aliphatic rings. The van der Waals surface area contributed by atoms with Crippen LogP contribution in [0, 0.1) is 6.92 Å². The summed E-state index contributed by atoms with van der Waals surface area (Å²) in [6.45, 7) is 1.63. The van der Waals surface area contributed by atoms with Crippen molar-refractivity contribution in [2.24, 2.45) is 0 Å². The van der Waals surface area contributed by atoms with Gasteiger partial charge in [0.2, 0.25) is 9.84 Å². The van der Waals surface area contributed by atoms with Gasteiger partial charge in [-0.1, -0.05) is 28.3 Å². The van der Waals surface area contributed by atoms with Crippen LogP contribution in [-0.2, 0) is 48.8 Å². The topological polar surface area (TPSA) is 239 Å². The zero-order valence-electron chi connectivity index (χ0n) is 23.7. The predicted molar refractivity (Wildman–Crippen MR) is 163 cm³/mol. The molecule has 0 spiro atoms. The van der Waals surface area contributed by atoms with E-state index in [2.05, 4.69) is 18.7 Å². The van der Waals surface area contributed by atoms with Crippen LogP contribution in [0.3, 0.4) is 0 Å². The third kappa shape index (κ3) is 8.60. The molecule has 0 saturated carbocycles. The minimum absolute atomic E-state index is 0.0116. The highest BCUT2D eigenvalue weighted by atomic mass is 32.2. The fraction of sp³-hybridized carbons (Fsp3) is 0.0769. The zero-order chi connectivity index (χ0) is 34.6. The molecule has 4 aromatic carbocycles. The van der Waals surface area contributed by atoms with Crippen molar-refractivity contribution in [2.45, 2.75) is 36.3 Å². The number of rotatable bonds is 14. The Morgan fingerprint density at radius 2 is 1.11 bits per heavy atom. The summed E-state index contributed by atoms with van der Waals surface area (Å²) in [6, 6.07) is 14.5. The number of hydrogen-bond acceptors (Lipinski definition) is 16. The predicted octanol–water partition coefficient (Wildman–Crippen LogP) is 5.65. The summed E-state index contributed by atoms with van der Waals surface area (Å²) in [6.07, 6.45) is 0. The highest BCUT2D eigenvalue weighted by molar-refractivity contribution is 7.95. The van der Waals surface area contributed by atoms with E-state index in [1.807, 2.05) is 0 Å². The molecule has 252 valence electrons. The van der Waals surface area contributed by atoms with Crippen LogP contribution in [0.1, 0.15) is 5.56 Å². The lowest BCUT2D eigenvalue weighted by molar-refractivity contribution is -0.432. The molecule has 0 atom stereocenters. The van der Waals surface area contributed by atoms with Gasteiger partial charge in [-0.05, 0) is 78.2 Å². The van der Waals surface area contributed by atoms with E-state index < -0.39 is 50.5 Å². The third-order valence-electron chi connectivity index (χ3n) is 6.22. The Morgan fingerprint density at radius 1 is 0.596 bits per heavy atom. The molecule has 0 aliphatic heterocycles. The maximum atomic E-state index is 13.4. The van der Waals surface area contributed by atoms with Gasteiger partial charge in [-0.3, -0.25) is 9.11 Å². The third-order valence-corrected chi connectivity index (χ3v) is 11.1. The first kappa shape index (κ1) is 36.5. The molecule has 0 saturated heterocycles. The minimum Gasteiger partial charge on any atom is -0.495 e. The van der Waals surface area contributed by atoms with Gasteiger partial charge in [0.15, 0.2) is 0 Å². The quantitative estimate of drug-likeness (QED) is 0.0527. The van der Waals surface area contributed by atoms with E-state index in [1.165, 1.54) is 55.6 Å². The van der Waals surface area contributed by atoms with Crippen LogP contribution in [-0.4, -0.2) is 52.0 Å². The number of ether oxygens (including phenoxy) is 2. The molecule has 0 bridgehead atoms. The molecule has 0 aliphatic carbocycles. The van der Waals surface area contributed by atoms with Crippen LogP contribution >= 0.6 is 24.1 Å². The Labute approximate surface area is 276 Å². The number of methoxy groups -OCH3 is 1. The van der Waals surface area contributed by atoms with E-state index in [9.17, 15) is 34.4 Å². The van der Waals surface area contributed by atoms with Crippen molar-refractivity contribution in [1.29, 1.82) is 0 Å². The molecule has 0 radical (unpaired) electrons. The summed E-state index contributed by atoms with van der Waals surface area (Å²) in [7, 11) is -13.0. The summed E-state index contributed by atoms with van der Waals surface area (Å²) in [5.74, 6) is -0.790. The Hall–Kier alpha value is -3.29. The van der Waals surface area contributed by atoms with E-state index in [4.69, 9.17) is 20.0 Å². The van der Waals surface area contributed by atoms with Gasteiger partial charge in [0.05, 0.1) is 45.9 Å². The maximum absolute atomic E-state index is 13.4. The van der Waals surface area contributed by atoms with Crippen molar-refractivity contribution in [2.75, 3.05) is 7.11 Å². The average Bonchev–Trinajstić information content (AvgIpc) is 3.02. The molecule has 47 heavy (non-hydrogen) atoms. The van der Waals surface area contributed by atoms with Crippen molar-refractivity contribution < 1.29 is 73.1 Å². The van der Waals surface area contributed by atoms with E-state index in [0.29, 0.717) is 41.3 Å². The second-order valence-electron chi connectivity index (χ2n) is 9.07. The molecule has 21 heteroatoms. The zero-order valence-corrected chi connectivity index (χ0v) is 27.7. The molecular weight excluding hydrogens is 729 g/mol.